The highest BCUT2D eigenvalue weighted by atomic mass is 79.9. The van der Waals surface area contributed by atoms with Gasteiger partial charge in [-0.1, -0.05) is 6.07 Å². The van der Waals surface area contributed by atoms with Gasteiger partial charge in [-0.05, 0) is 68.0 Å². The number of rotatable bonds is 7. The fourth-order valence-electron chi connectivity index (χ4n) is 2.03. The molecular weight excluding hydrogens is 304 g/mol. The van der Waals surface area contributed by atoms with Crippen molar-refractivity contribution in [1.82, 2.24) is 10.2 Å². The van der Waals surface area contributed by atoms with Crippen molar-refractivity contribution in [1.29, 1.82) is 0 Å². The molecule has 108 valence electrons. The Morgan fingerprint density at radius 3 is 2.58 bits per heavy atom. The summed E-state index contributed by atoms with van der Waals surface area (Å²) >= 11 is 3.53. The number of methoxy groups -OCH3 is 1. The lowest BCUT2D eigenvalue weighted by atomic mass is 10.0. The number of nitrogens with one attached hydrogen (secondary N) is 1. The molecule has 0 amide bonds. The van der Waals surface area contributed by atoms with E-state index in [0.29, 0.717) is 0 Å². The zero-order valence-corrected chi connectivity index (χ0v) is 14.2. The van der Waals surface area contributed by atoms with Crippen LogP contribution < -0.4 is 10.1 Å². The summed E-state index contributed by atoms with van der Waals surface area (Å²) in [5.74, 6) is 0.882. The fraction of sp³-hybridized carbons (Fsp3) is 0.600. The van der Waals surface area contributed by atoms with E-state index in [1.807, 2.05) is 13.1 Å². The Hall–Kier alpha value is -0.580. The minimum absolute atomic E-state index is 0.165. The summed E-state index contributed by atoms with van der Waals surface area (Å²) in [4.78, 5) is 2.39. The van der Waals surface area contributed by atoms with Crippen LogP contribution in [0.1, 0.15) is 19.4 Å². The van der Waals surface area contributed by atoms with Crippen molar-refractivity contribution >= 4 is 15.9 Å². The van der Waals surface area contributed by atoms with Crippen LogP contribution in [0.5, 0.6) is 5.75 Å². The fourth-order valence-corrected chi connectivity index (χ4v) is 2.62. The second-order valence-electron chi connectivity index (χ2n) is 5.48. The smallest absolute Gasteiger partial charge is 0.133 e. The summed E-state index contributed by atoms with van der Waals surface area (Å²) in [7, 11) is 5.86. The molecule has 1 aromatic carbocycles. The highest BCUT2D eigenvalue weighted by Crippen LogP contribution is 2.26. The van der Waals surface area contributed by atoms with Gasteiger partial charge in [0.25, 0.3) is 0 Å². The van der Waals surface area contributed by atoms with Crippen molar-refractivity contribution in [3.63, 3.8) is 0 Å². The van der Waals surface area contributed by atoms with Gasteiger partial charge in [-0.2, -0.15) is 0 Å². The molecule has 0 heterocycles. The van der Waals surface area contributed by atoms with Crippen LogP contribution in [0.15, 0.2) is 22.7 Å². The number of benzene rings is 1. The van der Waals surface area contributed by atoms with Crippen LogP contribution in [-0.2, 0) is 6.42 Å². The largest absolute Gasteiger partial charge is 0.496 e. The molecule has 0 aliphatic heterocycles. The third-order valence-corrected chi connectivity index (χ3v) is 4.21. The summed E-state index contributed by atoms with van der Waals surface area (Å²) < 4.78 is 6.26. The maximum Gasteiger partial charge on any atom is 0.133 e. The Labute approximate surface area is 125 Å². The van der Waals surface area contributed by atoms with E-state index < -0.39 is 0 Å². The Kier molecular flexibility index (Phi) is 6.30. The lowest BCUT2D eigenvalue weighted by Gasteiger charge is -2.35. The molecule has 3 nitrogen and oxygen atoms in total. The van der Waals surface area contributed by atoms with Crippen LogP contribution in [0.2, 0.25) is 0 Å². The van der Waals surface area contributed by atoms with E-state index in [0.717, 1.165) is 29.7 Å². The van der Waals surface area contributed by atoms with Gasteiger partial charge >= 0.3 is 0 Å². The molecule has 0 unspecified atom stereocenters. The summed E-state index contributed by atoms with van der Waals surface area (Å²) in [5.41, 5.74) is 1.48. The number of ether oxygens (including phenoxy) is 1. The molecule has 0 radical (unpaired) electrons. The molecule has 0 aromatic heterocycles. The molecule has 0 atom stereocenters. The highest BCUT2D eigenvalue weighted by molar-refractivity contribution is 9.10. The Morgan fingerprint density at radius 1 is 1.37 bits per heavy atom. The lowest BCUT2D eigenvalue weighted by molar-refractivity contribution is 0.157. The van der Waals surface area contributed by atoms with Crippen molar-refractivity contribution in [3.05, 3.63) is 28.2 Å². The van der Waals surface area contributed by atoms with Crippen LogP contribution in [-0.4, -0.2) is 44.7 Å². The average molecular weight is 329 g/mol. The summed E-state index contributed by atoms with van der Waals surface area (Å²) in [6.07, 6.45) is 1.03. The minimum atomic E-state index is 0.165. The van der Waals surface area contributed by atoms with Crippen molar-refractivity contribution in [2.45, 2.75) is 25.8 Å². The minimum Gasteiger partial charge on any atom is -0.496 e. The lowest BCUT2D eigenvalue weighted by Crippen LogP contribution is -2.48. The zero-order valence-electron chi connectivity index (χ0n) is 12.6. The Bertz CT molecular complexity index is 407. The number of nitrogens with zero attached hydrogens (tertiary/aromatic N) is 1. The first-order chi connectivity index (χ1) is 8.90. The van der Waals surface area contributed by atoms with Gasteiger partial charge in [0.1, 0.15) is 5.75 Å². The molecule has 0 saturated heterocycles. The Balaban J connectivity index is 2.59. The van der Waals surface area contributed by atoms with E-state index in [1.165, 1.54) is 5.56 Å². The van der Waals surface area contributed by atoms with Gasteiger partial charge in [0.2, 0.25) is 0 Å². The molecule has 1 rings (SSSR count). The molecule has 0 aliphatic rings. The third kappa shape index (κ3) is 4.79. The molecule has 0 fully saturated rings. The third-order valence-electron chi connectivity index (χ3n) is 3.59. The summed E-state index contributed by atoms with van der Waals surface area (Å²) in [6.45, 7) is 6.53. The maximum atomic E-state index is 5.25. The Morgan fingerprint density at radius 2 is 2.05 bits per heavy atom. The molecule has 4 heteroatoms. The van der Waals surface area contributed by atoms with Crippen molar-refractivity contribution in [2.24, 2.45) is 0 Å². The molecular formula is C15H25BrN2O. The highest BCUT2D eigenvalue weighted by Gasteiger charge is 2.21. The quantitative estimate of drug-likeness (QED) is 0.832. The van der Waals surface area contributed by atoms with E-state index in [1.54, 1.807) is 7.11 Å². The summed E-state index contributed by atoms with van der Waals surface area (Å²) in [6, 6.07) is 6.28. The molecule has 0 bridgehead atoms. The standard InChI is InChI=1S/C15H25BrN2O/c1-15(2,11-17-3)18(4)9-8-12-6-7-14(19-5)13(16)10-12/h6-7,10,17H,8-9,11H2,1-5H3. The van der Waals surface area contributed by atoms with Gasteiger partial charge in [-0.3, -0.25) is 4.90 Å². The van der Waals surface area contributed by atoms with Crippen LogP contribution >= 0.6 is 15.9 Å². The van der Waals surface area contributed by atoms with Gasteiger partial charge in [0.05, 0.1) is 11.6 Å². The van der Waals surface area contributed by atoms with E-state index in [2.05, 4.69) is 59.2 Å². The average Bonchev–Trinajstić information content (AvgIpc) is 2.36. The predicted octanol–water partition coefficient (Wildman–Crippen LogP) is 2.93. The van der Waals surface area contributed by atoms with Crippen LogP contribution in [0, 0.1) is 0 Å². The monoisotopic (exact) mass is 328 g/mol. The number of halogens is 1. The molecule has 1 aromatic rings. The van der Waals surface area contributed by atoms with Gasteiger partial charge in [0, 0.05) is 18.6 Å². The van der Waals surface area contributed by atoms with Crippen molar-refractivity contribution in [2.75, 3.05) is 34.3 Å². The van der Waals surface area contributed by atoms with Gasteiger partial charge in [-0.25, -0.2) is 0 Å². The molecule has 0 aliphatic carbocycles. The van der Waals surface area contributed by atoms with Crippen molar-refractivity contribution < 1.29 is 4.74 Å². The maximum absolute atomic E-state index is 5.25. The van der Waals surface area contributed by atoms with Gasteiger partial charge in [0.15, 0.2) is 0 Å². The molecule has 19 heavy (non-hydrogen) atoms. The van der Waals surface area contributed by atoms with E-state index in [9.17, 15) is 0 Å². The first kappa shape index (κ1) is 16.5. The van der Waals surface area contributed by atoms with E-state index >= 15 is 0 Å². The van der Waals surface area contributed by atoms with Gasteiger partial charge in [-0.15, -0.1) is 0 Å². The molecule has 0 spiro atoms. The van der Waals surface area contributed by atoms with Crippen LogP contribution in [0.4, 0.5) is 0 Å². The molecule has 1 N–H and O–H groups in total. The number of likely N-dealkylation sites (N-methyl/N-ethyl adjacent to an activating group) is 2. The first-order valence-corrected chi connectivity index (χ1v) is 7.38. The topological polar surface area (TPSA) is 24.5 Å². The normalized spacial score (nSPS) is 11.9. The summed E-state index contributed by atoms with van der Waals surface area (Å²) in [5, 5.41) is 3.25. The number of hydrogen-bond donors (Lipinski definition) is 1. The number of hydrogen-bond acceptors (Lipinski definition) is 3. The van der Waals surface area contributed by atoms with E-state index in [-0.39, 0.29) is 5.54 Å². The molecule has 0 saturated carbocycles. The SMILES string of the molecule is CNCC(C)(C)N(C)CCc1ccc(OC)c(Br)c1. The predicted molar refractivity (Wildman–Crippen MR) is 85.0 cm³/mol. The van der Waals surface area contributed by atoms with Crippen LogP contribution in [0.25, 0.3) is 0 Å². The van der Waals surface area contributed by atoms with Crippen LogP contribution in [0.3, 0.4) is 0 Å². The first-order valence-electron chi connectivity index (χ1n) is 6.59. The second-order valence-corrected chi connectivity index (χ2v) is 6.34. The van der Waals surface area contributed by atoms with E-state index in [4.69, 9.17) is 4.74 Å². The zero-order chi connectivity index (χ0) is 14.5. The second kappa shape index (κ2) is 7.27. The van der Waals surface area contributed by atoms with Gasteiger partial charge < -0.3 is 10.1 Å². The van der Waals surface area contributed by atoms with Crippen molar-refractivity contribution in [3.8, 4) is 5.75 Å².